The van der Waals surface area contributed by atoms with Gasteiger partial charge in [-0.25, -0.2) is 5.43 Å². The summed E-state index contributed by atoms with van der Waals surface area (Å²) in [5.74, 6) is 1.77. The van der Waals surface area contributed by atoms with Crippen LogP contribution >= 0.6 is 11.3 Å². The number of hydrazone groups is 1. The second kappa shape index (κ2) is 8.71. The second-order valence-electron chi connectivity index (χ2n) is 7.38. The van der Waals surface area contributed by atoms with E-state index in [2.05, 4.69) is 27.6 Å². The third-order valence-corrected chi connectivity index (χ3v) is 6.47. The number of aromatic amines is 1. The van der Waals surface area contributed by atoms with E-state index in [4.69, 9.17) is 9.47 Å². The Hall–Kier alpha value is -3.13. The molecule has 0 bridgehead atoms. The van der Waals surface area contributed by atoms with Gasteiger partial charge < -0.3 is 9.47 Å². The topological polar surface area (TPSA) is 88.6 Å². The number of nitrogens with one attached hydrogen (secondary N) is 2. The lowest BCUT2D eigenvalue weighted by atomic mass is 9.90. The molecule has 0 saturated heterocycles. The Balaban J connectivity index is 1.47. The van der Waals surface area contributed by atoms with Gasteiger partial charge in [0.2, 0.25) is 0 Å². The third kappa shape index (κ3) is 4.09. The normalized spacial score (nSPS) is 15.8. The summed E-state index contributed by atoms with van der Waals surface area (Å²) >= 11 is 1.57. The molecule has 0 unspecified atom stereocenters. The standard InChI is InChI=1S/C22H24N4O3S/c1-13-4-5-14-10-20(30-19(14)8-13)22(27)26-24-12-16-11-23-25-21(16)15-6-7-17(28-2)18(9-15)29-3/h6-7,9-13H,4-5,8H2,1-3H3,(H,23,25)(H,26,27)/b24-12-/t13-/m0/s1. The van der Waals surface area contributed by atoms with Crippen molar-refractivity contribution in [3.63, 3.8) is 0 Å². The van der Waals surface area contributed by atoms with E-state index in [0.717, 1.165) is 29.7 Å². The van der Waals surface area contributed by atoms with Gasteiger partial charge in [0.15, 0.2) is 11.5 Å². The molecule has 0 saturated carbocycles. The molecule has 0 fully saturated rings. The molecule has 156 valence electrons. The average Bonchev–Trinajstić information content (AvgIpc) is 3.39. The number of ether oxygens (including phenoxy) is 2. The van der Waals surface area contributed by atoms with E-state index >= 15 is 0 Å². The number of aryl methyl sites for hydroxylation is 1. The van der Waals surface area contributed by atoms with Gasteiger partial charge in [-0.2, -0.15) is 10.2 Å². The fraction of sp³-hybridized carbons (Fsp3) is 0.318. The van der Waals surface area contributed by atoms with E-state index in [1.807, 2.05) is 24.3 Å². The van der Waals surface area contributed by atoms with Gasteiger partial charge in [-0.15, -0.1) is 11.3 Å². The number of nitrogens with zero attached hydrogens (tertiary/aromatic N) is 2. The lowest BCUT2D eigenvalue weighted by Crippen LogP contribution is -2.16. The summed E-state index contributed by atoms with van der Waals surface area (Å²) in [4.78, 5) is 14.5. The van der Waals surface area contributed by atoms with Crippen LogP contribution in [0.4, 0.5) is 0 Å². The van der Waals surface area contributed by atoms with E-state index in [-0.39, 0.29) is 5.91 Å². The van der Waals surface area contributed by atoms with Gasteiger partial charge in [-0.3, -0.25) is 9.89 Å². The quantitative estimate of drug-likeness (QED) is 0.462. The Bertz CT molecular complexity index is 1090. The minimum atomic E-state index is -0.186. The van der Waals surface area contributed by atoms with E-state index in [9.17, 15) is 4.79 Å². The van der Waals surface area contributed by atoms with Crippen molar-refractivity contribution in [1.82, 2.24) is 15.6 Å². The van der Waals surface area contributed by atoms with Crippen LogP contribution in [0.15, 0.2) is 35.6 Å². The van der Waals surface area contributed by atoms with Crippen molar-refractivity contribution in [2.24, 2.45) is 11.0 Å². The van der Waals surface area contributed by atoms with Crippen LogP contribution in [0.5, 0.6) is 11.5 Å². The first kappa shape index (κ1) is 20.2. The summed E-state index contributed by atoms with van der Waals surface area (Å²) in [5.41, 5.74) is 6.33. The van der Waals surface area contributed by atoms with Crippen molar-refractivity contribution in [3.05, 3.63) is 51.3 Å². The molecule has 7 nitrogen and oxygen atoms in total. The van der Waals surface area contributed by atoms with Gasteiger partial charge in [-0.05, 0) is 55.0 Å². The second-order valence-corrected chi connectivity index (χ2v) is 8.51. The van der Waals surface area contributed by atoms with Crippen molar-refractivity contribution < 1.29 is 14.3 Å². The highest BCUT2D eigenvalue weighted by Crippen LogP contribution is 2.33. The molecule has 0 radical (unpaired) electrons. The Morgan fingerprint density at radius 3 is 2.93 bits per heavy atom. The fourth-order valence-corrected chi connectivity index (χ4v) is 4.88. The van der Waals surface area contributed by atoms with Crippen LogP contribution in [0.25, 0.3) is 11.3 Å². The molecule has 2 N–H and O–H groups in total. The average molecular weight is 425 g/mol. The Morgan fingerprint density at radius 2 is 2.13 bits per heavy atom. The molecule has 0 aliphatic heterocycles. The maximum Gasteiger partial charge on any atom is 0.281 e. The maximum absolute atomic E-state index is 12.5. The number of methoxy groups -OCH3 is 2. The Labute approximate surface area is 179 Å². The molecule has 1 aliphatic rings. The molecule has 4 rings (SSSR count). The number of hydrogen-bond acceptors (Lipinski definition) is 6. The van der Waals surface area contributed by atoms with Gasteiger partial charge in [-0.1, -0.05) is 6.92 Å². The number of aromatic nitrogens is 2. The minimum Gasteiger partial charge on any atom is -0.493 e. The zero-order valence-electron chi connectivity index (χ0n) is 17.2. The van der Waals surface area contributed by atoms with Crippen LogP contribution in [0.1, 0.15) is 39.0 Å². The van der Waals surface area contributed by atoms with E-state index in [0.29, 0.717) is 22.3 Å². The highest BCUT2D eigenvalue weighted by atomic mass is 32.1. The highest BCUT2D eigenvalue weighted by molar-refractivity contribution is 7.14. The summed E-state index contributed by atoms with van der Waals surface area (Å²) in [6.45, 7) is 2.26. The van der Waals surface area contributed by atoms with E-state index in [1.54, 1.807) is 38.0 Å². The van der Waals surface area contributed by atoms with Crippen LogP contribution in [0.2, 0.25) is 0 Å². The Kier molecular flexibility index (Phi) is 5.85. The molecule has 1 amide bonds. The molecule has 1 aromatic carbocycles. The molecule has 2 heterocycles. The zero-order chi connectivity index (χ0) is 21.1. The number of H-pyrrole nitrogens is 1. The van der Waals surface area contributed by atoms with Crippen molar-refractivity contribution in [3.8, 4) is 22.8 Å². The smallest absolute Gasteiger partial charge is 0.281 e. The lowest BCUT2D eigenvalue weighted by Gasteiger charge is -2.16. The minimum absolute atomic E-state index is 0.186. The number of carbonyl (C=O) groups excluding carboxylic acids is 1. The fourth-order valence-electron chi connectivity index (χ4n) is 3.62. The number of fused-ring (bicyclic) bond motifs is 1. The van der Waals surface area contributed by atoms with Gasteiger partial charge in [0.1, 0.15) is 0 Å². The number of carbonyl (C=O) groups is 1. The van der Waals surface area contributed by atoms with Crippen molar-refractivity contribution in [2.75, 3.05) is 14.2 Å². The van der Waals surface area contributed by atoms with Gasteiger partial charge in [0.05, 0.1) is 37.2 Å². The Morgan fingerprint density at radius 1 is 1.30 bits per heavy atom. The summed E-state index contributed by atoms with van der Waals surface area (Å²) in [7, 11) is 3.19. The molecule has 30 heavy (non-hydrogen) atoms. The van der Waals surface area contributed by atoms with Gasteiger partial charge in [0, 0.05) is 16.0 Å². The zero-order valence-corrected chi connectivity index (χ0v) is 18.0. The summed E-state index contributed by atoms with van der Waals surface area (Å²) in [6.07, 6.45) is 6.53. The molecule has 0 spiro atoms. The number of rotatable bonds is 6. The lowest BCUT2D eigenvalue weighted by molar-refractivity contribution is 0.0959. The van der Waals surface area contributed by atoms with Crippen molar-refractivity contribution in [1.29, 1.82) is 0 Å². The predicted octanol–water partition coefficient (Wildman–Crippen LogP) is 4.04. The van der Waals surface area contributed by atoms with E-state index in [1.165, 1.54) is 16.9 Å². The monoisotopic (exact) mass is 424 g/mol. The molecule has 3 aromatic rings. The highest BCUT2D eigenvalue weighted by Gasteiger charge is 2.20. The summed E-state index contributed by atoms with van der Waals surface area (Å²) in [6, 6.07) is 7.60. The van der Waals surface area contributed by atoms with Gasteiger partial charge >= 0.3 is 0 Å². The van der Waals surface area contributed by atoms with Crippen LogP contribution in [0, 0.1) is 5.92 Å². The third-order valence-electron chi connectivity index (χ3n) is 5.27. The van der Waals surface area contributed by atoms with Crippen molar-refractivity contribution in [2.45, 2.75) is 26.2 Å². The van der Waals surface area contributed by atoms with Crippen LogP contribution in [-0.4, -0.2) is 36.5 Å². The molecule has 1 atom stereocenters. The first-order valence-corrected chi connectivity index (χ1v) is 10.6. The first-order valence-electron chi connectivity index (χ1n) is 9.79. The van der Waals surface area contributed by atoms with Crippen molar-refractivity contribution >= 4 is 23.5 Å². The maximum atomic E-state index is 12.5. The molecule has 8 heteroatoms. The van der Waals surface area contributed by atoms with E-state index < -0.39 is 0 Å². The number of hydrogen-bond donors (Lipinski definition) is 2. The summed E-state index contributed by atoms with van der Waals surface area (Å²) < 4.78 is 10.7. The SMILES string of the molecule is COc1ccc(-c2[nH]ncc2/C=N\NC(=O)c2cc3c(s2)C[C@@H](C)CC3)cc1OC. The predicted molar refractivity (Wildman–Crippen MR) is 118 cm³/mol. The molecule has 1 aliphatic carbocycles. The number of benzene rings is 1. The summed E-state index contributed by atoms with van der Waals surface area (Å²) in [5, 5.41) is 11.2. The molecular weight excluding hydrogens is 400 g/mol. The molecule has 2 aromatic heterocycles. The largest absolute Gasteiger partial charge is 0.493 e. The number of amides is 1. The number of thiophene rings is 1. The van der Waals surface area contributed by atoms with Crippen LogP contribution in [0.3, 0.4) is 0 Å². The molecular formula is C22H24N4O3S. The van der Waals surface area contributed by atoms with Crippen LogP contribution < -0.4 is 14.9 Å². The van der Waals surface area contributed by atoms with Gasteiger partial charge in [0.25, 0.3) is 5.91 Å². The first-order chi connectivity index (χ1) is 14.6. The van der Waals surface area contributed by atoms with Crippen LogP contribution in [-0.2, 0) is 12.8 Å².